The number of primary amides is 1. The van der Waals surface area contributed by atoms with Crippen LogP contribution in [0.3, 0.4) is 0 Å². The van der Waals surface area contributed by atoms with Crippen LogP contribution in [0.1, 0.15) is 5.56 Å². The van der Waals surface area contributed by atoms with Crippen molar-refractivity contribution in [1.29, 1.82) is 0 Å². The van der Waals surface area contributed by atoms with E-state index in [0.717, 1.165) is 5.56 Å². The Bertz CT molecular complexity index is 223. The standard InChI is InChI=1S/C8H9NO.Li.H/c9-8(10)6-7-4-2-1-3-5-7;;/h1-5H,6H2,(H2,9,10);;. The molecule has 0 radical (unpaired) electrons. The van der Waals surface area contributed by atoms with E-state index in [4.69, 9.17) is 5.73 Å². The van der Waals surface area contributed by atoms with Crippen molar-refractivity contribution in [1.82, 2.24) is 0 Å². The van der Waals surface area contributed by atoms with Gasteiger partial charge in [-0.25, -0.2) is 0 Å². The predicted octanol–water partition coefficient (Wildman–Crippen LogP) is 0.0659. The molecule has 0 unspecified atom stereocenters. The first-order valence-electron chi connectivity index (χ1n) is 3.11. The maximum atomic E-state index is 10.4. The molecule has 1 aromatic carbocycles. The molecule has 0 saturated heterocycles. The van der Waals surface area contributed by atoms with Crippen molar-refractivity contribution in [3.05, 3.63) is 35.9 Å². The average molecular weight is 143 g/mol. The fraction of sp³-hybridized carbons (Fsp3) is 0.125. The molecule has 0 spiro atoms. The molecule has 2 N–H and O–H groups in total. The second-order valence-corrected chi connectivity index (χ2v) is 2.13. The first kappa shape index (κ1) is 10.3. The van der Waals surface area contributed by atoms with E-state index in [9.17, 15) is 4.79 Å². The SMILES string of the molecule is NC(=O)Cc1ccccc1.[LiH]. The van der Waals surface area contributed by atoms with Crippen LogP contribution in [-0.4, -0.2) is 24.8 Å². The second-order valence-electron chi connectivity index (χ2n) is 2.13. The zero-order valence-electron chi connectivity index (χ0n) is 5.58. The molecule has 1 aromatic rings. The molecule has 0 aliphatic rings. The van der Waals surface area contributed by atoms with Gasteiger partial charge < -0.3 is 5.73 Å². The molecular weight excluding hydrogens is 133 g/mol. The first-order chi connectivity index (χ1) is 4.79. The Morgan fingerprint density at radius 1 is 1.27 bits per heavy atom. The van der Waals surface area contributed by atoms with Crippen molar-refractivity contribution in [2.45, 2.75) is 6.42 Å². The molecule has 11 heavy (non-hydrogen) atoms. The van der Waals surface area contributed by atoms with Crippen LogP contribution in [-0.2, 0) is 11.2 Å². The van der Waals surface area contributed by atoms with Gasteiger partial charge in [-0.05, 0) is 5.56 Å². The topological polar surface area (TPSA) is 43.1 Å². The Kier molecular flexibility index (Phi) is 4.68. The van der Waals surface area contributed by atoms with Gasteiger partial charge in [-0.3, -0.25) is 4.79 Å². The van der Waals surface area contributed by atoms with Gasteiger partial charge in [0.05, 0.1) is 6.42 Å². The van der Waals surface area contributed by atoms with Crippen LogP contribution in [0.4, 0.5) is 0 Å². The molecule has 2 nitrogen and oxygen atoms in total. The molecule has 0 saturated carbocycles. The molecule has 0 heterocycles. The van der Waals surface area contributed by atoms with Crippen LogP contribution in [0.15, 0.2) is 30.3 Å². The number of nitrogens with two attached hydrogens (primary N) is 1. The van der Waals surface area contributed by atoms with Gasteiger partial charge in [0.2, 0.25) is 5.91 Å². The molecule has 0 aliphatic heterocycles. The molecule has 3 heteroatoms. The number of hydrogen-bond acceptors (Lipinski definition) is 1. The molecule has 0 aliphatic carbocycles. The van der Waals surface area contributed by atoms with Crippen molar-refractivity contribution in [2.24, 2.45) is 5.73 Å². The molecule has 0 fully saturated rings. The fourth-order valence-electron chi connectivity index (χ4n) is 0.797. The van der Waals surface area contributed by atoms with Crippen molar-refractivity contribution in [2.75, 3.05) is 0 Å². The third-order valence-corrected chi connectivity index (χ3v) is 1.22. The number of carbonyl (C=O) groups excluding carboxylic acids is 1. The van der Waals surface area contributed by atoms with Crippen molar-refractivity contribution in [3.8, 4) is 0 Å². The number of hydrogen-bond donors (Lipinski definition) is 1. The van der Waals surface area contributed by atoms with E-state index < -0.39 is 0 Å². The maximum absolute atomic E-state index is 10.4. The predicted molar refractivity (Wildman–Crippen MR) is 46.5 cm³/mol. The van der Waals surface area contributed by atoms with E-state index in [-0.39, 0.29) is 24.8 Å². The second kappa shape index (κ2) is 5.01. The van der Waals surface area contributed by atoms with Crippen LogP contribution in [0.5, 0.6) is 0 Å². The summed E-state index contributed by atoms with van der Waals surface area (Å²) in [7, 11) is 0. The number of carbonyl (C=O) groups is 1. The summed E-state index contributed by atoms with van der Waals surface area (Å²) in [5.41, 5.74) is 5.95. The van der Waals surface area contributed by atoms with E-state index in [1.807, 2.05) is 30.3 Å². The summed E-state index contributed by atoms with van der Waals surface area (Å²) in [6.45, 7) is 0. The molecule has 0 aromatic heterocycles. The van der Waals surface area contributed by atoms with Gasteiger partial charge in [-0.1, -0.05) is 30.3 Å². The zero-order valence-corrected chi connectivity index (χ0v) is 5.58. The summed E-state index contributed by atoms with van der Waals surface area (Å²) in [4.78, 5) is 10.4. The van der Waals surface area contributed by atoms with Gasteiger partial charge in [0.25, 0.3) is 0 Å². The first-order valence-corrected chi connectivity index (χ1v) is 3.11. The van der Waals surface area contributed by atoms with Crippen molar-refractivity contribution >= 4 is 24.8 Å². The van der Waals surface area contributed by atoms with E-state index in [0.29, 0.717) is 6.42 Å². The third kappa shape index (κ3) is 3.87. The van der Waals surface area contributed by atoms with E-state index >= 15 is 0 Å². The van der Waals surface area contributed by atoms with Gasteiger partial charge in [-0.15, -0.1) is 0 Å². The summed E-state index contributed by atoms with van der Waals surface area (Å²) < 4.78 is 0. The molecule has 0 bridgehead atoms. The Labute approximate surface area is 78.0 Å². The quantitative estimate of drug-likeness (QED) is 0.585. The minimum absolute atomic E-state index is 0. The van der Waals surface area contributed by atoms with Crippen LogP contribution in [0, 0.1) is 0 Å². The van der Waals surface area contributed by atoms with E-state index in [2.05, 4.69) is 0 Å². The van der Waals surface area contributed by atoms with Gasteiger partial charge >= 0.3 is 18.9 Å². The number of rotatable bonds is 2. The molecule has 1 rings (SSSR count). The molecule has 0 atom stereocenters. The fourth-order valence-corrected chi connectivity index (χ4v) is 0.797. The summed E-state index contributed by atoms with van der Waals surface area (Å²) >= 11 is 0. The average Bonchev–Trinajstić information content (AvgIpc) is 1.88. The number of amides is 1. The summed E-state index contributed by atoms with van der Waals surface area (Å²) in [6, 6.07) is 9.44. The Hall–Kier alpha value is -0.713. The Morgan fingerprint density at radius 2 is 1.82 bits per heavy atom. The molecule has 1 amide bonds. The van der Waals surface area contributed by atoms with Crippen molar-refractivity contribution in [3.63, 3.8) is 0 Å². The summed E-state index contributed by atoms with van der Waals surface area (Å²) in [5.74, 6) is -0.286. The van der Waals surface area contributed by atoms with Crippen LogP contribution >= 0.6 is 0 Å². The van der Waals surface area contributed by atoms with Gasteiger partial charge in [0.1, 0.15) is 0 Å². The zero-order chi connectivity index (χ0) is 7.40. The Balaban J connectivity index is 0.000001000. The van der Waals surface area contributed by atoms with Crippen LogP contribution in [0.2, 0.25) is 0 Å². The summed E-state index contributed by atoms with van der Waals surface area (Å²) in [5, 5.41) is 0. The van der Waals surface area contributed by atoms with E-state index in [1.54, 1.807) is 0 Å². The van der Waals surface area contributed by atoms with E-state index in [1.165, 1.54) is 0 Å². The van der Waals surface area contributed by atoms with Gasteiger partial charge in [-0.2, -0.15) is 0 Å². The third-order valence-electron chi connectivity index (χ3n) is 1.22. The number of benzene rings is 1. The monoisotopic (exact) mass is 143 g/mol. The van der Waals surface area contributed by atoms with Gasteiger partial charge in [0, 0.05) is 0 Å². The molecule has 54 valence electrons. The normalized spacial score (nSPS) is 8.36. The molecular formula is C8H10LiNO. The van der Waals surface area contributed by atoms with Gasteiger partial charge in [0.15, 0.2) is 0 Å². The Morgan fingerprint density at radius 3 is 2.27 bits per heavy atom. The minimum atomic E-state index is -0.286. The van der Waals surface area contributed by atoms with Crippen LogP contribution in [0.25, 0.3) is 0 Å². The van der Waals surface area contributed by atoms with Crippen LogP contribution < -0.4 is 5.73 Å². The summed E-state index contributed by atoms with van der Waals surface area (Å²) in [6.07, 6.45) is 0.334. The van der Waals surface area contributed by atoms with Crippen molar-refractivity contribution < 1.29 is 4.79 Å².